The van der Waals surface area contributed by atoms with Crippen LogP contribution in [0.4, 0.5) is 0 Å². The van der Waals surface area contributed by atoms with Crippen molar-refractivity contribution in [3.63, 3.8) is 0 Å². The molecule has 1 nitrogen and oxygen atoms in total. The topological polar surface area (TPSA) is 4.44 Å². The average Bonchev–Trinajstić information content (AvgIpc) is 2.46. The van der Waals surface area contributed by atoms with Crippen molar-refractivity contribution in [2.24, 2.45) is 0 Å². The van der Waals surface area contributed by atoms with E-state index >= 15 is 0 Å². The van der Waals surface area contributed by atoms with Crippen molar-refractivity contribution in [1.82, 2.24) is 0 Å². The van der Waals surface area contributed by atoms with Crippen molar-refractivity contribution in [2.45, 2.75) is 32.2 Å². The van der Waals surface area contributed by atoms with E-state index in [0.717, 1.165) is 0 Å². The van der Waals surface area contributed by atoms with Crippen molar-refractivity contribution in [2.75, 3.05) is 13.1 Å². The molecule has 1 aliphatic heterocycles. The summed E-state index contributed by atoms with van der Waals surface area (Å²) in [5.74, 6) is 0. The second-order valence-corrected chi connectivity index (χ2v) is 5.39. The van der Waals surface area contributed by atoms with Gasteiger partial charge in [-0.3, -0.25) is 0 Å². The van der Waals surface area contributed by atoms with Crippen LogP contribution in [-0.4, -0.2) is 13.1 Å². The van der Waals surface area contributed by atoms with Crippen LogP contribution in [0, 0.1) is 0 Å². The second kappa shape index (κ2) is 5.66. The summed E-state index contributed by atoms with van der Waals surface area (Å²) in [5, 5.41) is 0. The Morgan fingerprint density at radius 3 is 2.47 bits per heavy atom. The summed E-state index contributed by atoms with van der Waals surface area (Å²) in [7, 11) is 0. The number of rotatable bonds is 2. The SMILES string of the molecule is Brc1cccc(C[NH+]2CCCCCC2)c1. The maximum atomic E-state index is 3.53. The summed E-state index contributed by atoms with van der Waals surface area (Å²) in [6, 6.07) is 8.72. The number of benzene rings is 1. The number of hydrogen-bond donors (Lipinski definition) is 1. The van der Waals surface area contributed by atoms with Crippen LogP contribution in [0.25, 0.3) is 0 Å². The Bertz CT molecular complexity index is 303. The Morgan fingerprint density at radius 2 is 1.80 bits per heavy atom. The van der Waals surface area contributed by atoms with Crippen LogP contribution in [0.1, 0.15) is 31.2 Å². The third-order valence-electron chi connectivity index (χ3n) is 3.15. The summed E-state index contributed by atoms with van der Waals surface area (Å²) in [6.45, 7) is 3.90. The molecule has 1 N–H and O–H groups in total. The molecule has 2 rings (SSSR count). The summed E-state index contributed by atoms with van der Waals surface area (Å²) in [6.07, 6.45) is 5.68. The van der Waals surface area contributed by atoms with E-state index in [1.54, 1.807) is 4.90 Å². The first-order valence-corrected chi connectivity index (χ1v) is 6.72. The summed E-state index contributed by atoms with van der Waals surface area (Å²) < 4.78 is 1.20. The molecule has 1 fully saturated rings. The fourth-order valence-corrected chi connectivity index (χ4v) is 2.79. The number of halogens is 1. The van der Waals surface area contributed by atoms with Gasteiger partial charge in [0.05, 0.1) is 13.1 Å². The van der Waals surface area contributed by atoms with Gasteiger partial charge >= 0.3 is 0 Å². The lowest BCUT2D eigenvalue weighted by molar-refractivity contribution is -0.913. The van der Waals surface area contributed by atoms with Gasteiger partial charge in [0, 0.05) is 10.0 Å². The summed E-state index contributed by atoms with van der Waals surface area (Å²) in [4.78, 5) is 1.76. The van der Waals surface area contributed by atoms with Gasteiger partial charge in [-0.1, -0.05) is 28.1 Å². The van der Waals surface area contributed by atoms with E-state index in [4.69, 9.17) is 0 Å². The molecule has 0 amide bonds. The van der Waals surface area contributed by atoms with Gasteiger partial charge in [0.25, 0.3) is 0 Å². The molecule has 0 spiro atoms. The lowest BCUT2D eigenvalue weighted by atomic mass is 10.2. The zero-order valence-electron chi connectivity index (χ0n) is 9.14. The smallest absolute Gasteiger partial charge is 0.103 e. The van der Waals surface area contributed by atoms with Gasteiger partial charge in [0.1, 0.15) is 6.54 Å². The fraction of sp³-hybridized carbons (Fsp3) is 0.538. The molecule has 0 aromatic heterocycles. The van der Waals surface area contributed by atoms with Gasteiger partial charge in [-0.2, -0.15) is 0 Å². The minimum Gasteiger partial charge on any atom is -0.331 e. The number of hydrogen-bond acceptors (Lipinski definition) is 0. The monoisotopic (exact) mass is 268 g/mol. The van der Waals surface area contributed by atoms with Gasteiger partial charge < -0.3 is 4.90 Å². The zero-order valence-corrected chi connectivity index (χ0v) is 10.7. The van der Waals surface area contributed by atoms with Crippen molar-refractivity contribution >= 4 is 15.9 Å². The maximum absolute atomic E-state index is 3.53. The molecule has 0 unspecified atom stereocenters. The van der Waals surface area contributed by atoms with Crippen LogP contribution >= 0.6 is 15.9 Å². The number of nitrogens with one attached hydrogen (secondary N) is 1. The van der Waals surface area contributed by atoms with Crippen molar-refractivity contribution in [3.05, 3.63) is 34.3 Å². The lowest BCUT2D eigenvalue weighted by Gasteiger charge is -2.16. The number of quaternary nitrogens is 1. The average molecular weight is 269 g/mol. The minimum atomic E-state index is 1.19. The first-order chi connectivity index (χ1) is 7.34. The highest BCUT2D eigenvalue weighted by atomic mass is 79.9. The van der Waals surface area contributed by atoms with E-state index in [-0.39, 0.29) is 0 Å². The van der Waals surface area contributed by atoms with Crippen molar-refractivity contribution in [3.8, 4) is 0 Å². The Hall–Kier alpha value is -0.340. The quantitative estimate of drug-likeness (QED) is 0.841. The van der Waals surface area contributed by atoms with E-state index in [0.29, 0.717) is 0 Å². The first-order valence-electron chi connectivity index (χ1n) is 5.92. The van der Waals surface area contributed by atoms with Crippen LogP contribution in [0.3, 0.4) is 0 Å². The molecule has 1 heterocycles. The molecule has 1 saturated heterocycles. The van der Waals surface area contributed by atoms with E-state index < -0.39 is 0 Å². The van der Waals surface area contributed by atoms with Crippen LogP contribution < -0.4 is 4.90 Å². The van der Waals surface area contributed by atoms with Gasteiger partial charge in [-0.15, -0.1) is 0 Å². The van der Waals surface area contributed by atoms with Gasteiger partial charge in [0.15, 0.2) is 0 Å². The predicted molar refractivity (Wildman–Crippen MR) is 67.0 cm³/mol. The third-order valence-corrected chi connectivity index (χ3v) is 3.65. The highest BCUT2D eigenvalue weighted by Gasteiger charge is 2.12. The molecule has 0 aliphatic carbocycles. The van der Waals surface area contributed by atoms with Crippen LogP contribution in [0.15, 0.2) is 28.7 Å². The second-order valence-electron chi connectivity index (χ2n) is 4.47. The van der Waals surface area contributed by atoms with E-state index in [9.17, 15) is 0 Å². The lowest BCUT2D eigenvalue weighted by Crippen LogP contribution is -3.10. The summed E-state index contributed by atoms with van der Waals surface area (Å²) in [5.41, 5.74) is 1.46. The molecule has 82 valence electrons. The van der Waals surface area contributed by atoms with Crippen LogP contribution in [0.5, 0.6) is 0 Å². The Kier molecular flexibility index (Phi) is 4.21. The molecule has 1 aliphatic rings. The van der Waals surface area contributed by atoms with E-state index in [1.807, 2.05) is 0 Å². The number of likely N-dealkylation sites (tertiary alicyclic amines) is 1. The highest BCUT2D eigenvalue weighted by Crippen LogP contribution is 2.11. The van der Waals surface area contributed by atoms with Crippen molar-refractivity contribution < 1.29 is 4.90 Å². The molecule has 0 saturated carbocycles. The normalized spacial score (nSPS) is 18.7. The van der Waals surface area contributed by atoms with E-state index in [2.05, 4.69) is 40.2 Å². The summed E-state index contributed by atoms with van der Waals surface area (Å²) >= 11 is 3.53. The molecule has 0 radical (unpaired) electrons. The molecule has 1 aromatic carbocycles. The molecule has 2 heteroatoms. The largest absolute Gasteiger partial charge is 0.331 e. The molecule has 0 bridgehead atoms. The fourth-order valence-electron chi connectivity index (χ4n) is 2.34. The van der Waals surface area contributed by atoms with Gasteiger partial charge in [-0.25, -0.2) is 0 Å². The minimum absolute atomic E-state index is 1.19. The molecule has 1 aromatic rings. The van der Waals surface area contributed by atoms with Crippen molar-refractivity contribution in [1.29, 1.82) is 0 Å². The van der Waals surface area contributed by atoms with Crippen LogP contribution in [0.2, 0.25) is 0 Å². The highest BCUT2D eigenvalue weighted by molar-refractivity contribution is 9.10. The van der Waals surface area contributed by atoms with Gasteiger partial charge in [0.2, 0.25) is 0 Å². The Balaban J connectivity index is 1.95. The maximum Gasteiger partial charge on any atom is 0.103 e. The molecular weight excluding hydrogens is 250 g/mol. The molecule has 0 atom stereocenters. The zero-order chi connectivity index (χ0) is 10.5. The third kappa shape index (κ3) is 3.62. The first kappa shape index (κ1) is 11.2. The molecular formula is C13H19BrN+. The van der Waals surface area contributed by atoms with Gasteiger partial charge in [-0.05, 0) is 37.8 Å². The molecule has 15 heavy (non-hydrogen) atoms. The standard InChI is InChI=1S/C13H18BrN/c14-13-7-5-6-12(10-13)11-15-8-3-1-2-4-9-15/h5-7,10H,1-4,8-9,11H2/p+1. The predicted octanol–water partition coefficient (Wildman–Crippen LogP) is 2.41. The Labute approximate surface area is 101 Å². The Morgan fingerprint density at radius 1 is 1.07 bits per heavy atom. The van der Waals surface area contributed by atoms with E-state index in [1.165, 1.54) is 55.4 Å². The van der Waals surface area contributed by atoms with Crippen LogP contribution in [-0.2, 0) is 6.54 Å².